The highest BCUT2D eigenvalue weighted by Crippen LogP contribution is 2.40. The minimum atomic E-state index is -4.18. The van der Waals surface area contributed by atoms with E-state index < -0.39 is 48.3 Å². The maximum absolute atomic E-state index is 12.2. The second-order valence-corrected chi connectivity index (χ2v) is 13.0. The Hall–Kier alpha value is 0.520. The van der Waals surface area contributed by atoms with Gasteiger partial charge in [-0.2, -0.15) is 0 Å². The number of nitrogens with two attached hydrogens (primary N) is 2. The molecule has 0 radical (unpaired) electrons. The molecule has 0 amide bonds. The van der Waals surface area contributed by atoms with E-state index >= 15 is 0 Å². The van der Waals surface area contributed by atoms with Crippen molar-refractivity contribution < 1.29 is 36.4 Å². The van der Waals surface area contributed by atoms with Crippen molar-refractivity contribution in [3.05, 3.63) is 0 Å². The zero-order chi connectivity index (χ0) is 21.5. The van der Waals surface area contributed by atoms with E-state index in [9.17, 15) is 17.5 Å². The van der Waals surface area contributed by atoms with Crippen molar-refractivity contribution in [1.29, 1.82) is 0 Å². The first-order valence-electron chi connectivity index (χ1n) is 8.31. The molecular weight excluding hydrogens is 438 g/mol. The predicted octanol–water partition coefficient (Wildman–Crippen LogP) is 1.36. The summed E-state index contributed by atoms with van der Waals surface area (Å²) in [6.07, 6.45) is 1.06. The van der Waals surface area contributed by atoms with Gasteiger partial charge in [0.1, 0.15) is 0 Å². The average molecular weight is 470 g/mol. The van der Waals surface area contributed by atoms with Crippen molar-refractivity contribution in [3.63, 3.8) is 0 Å². The van der Waals surface area contributed by atoms with Crippen LogP contribution in [0.1, 0.15) is 47.0 Å². The normalized spacial score (nSPS) is 21.6. The van der Waals surface area contributed by atoms with Crippen LogP contribution in [-0.2, 0) is 39.8 Å². The van der Waals surface area contributed by atoms with Crippen LogP contribution in [0.25, 0.3) is 0 Å². The van der Waals surface area contributed by atoms with Gasteiger partial charge in [-0.25, -0.2) is 20.1 Å². The van der Waals surface area contributed by atoms with Gasteiger partial charge in [-0.15, -0.1) is 0 Å². The summed E-state index contributed by atoms with van der Waals surface area (Å²) in [6, 6.07) is 0. The van der Waals surface area contributed by atoms with Gasteiger partial charge in [-0.05, 0) is 40.0 Å². The summed E-state index contributed by atoms with van der Waals surface area (Å²) in [6.45, 7) is 6.46. The summed E-state index contributed by atoms with van der Waals surface area (Å²) in [5.74, 6) is 0.858. The van der Waals surface area contributed by atoms with Gasteiger partial charge in [0.05, 0.1) is 17.0 Å². The lowest BCUT2D eigenvalue weighted by atomic mass is 10.1. The van der Waals surface area contributed by atoms with Gasteiger partial charge < -0.3 is 9.79 Å². The van der Waals surface area contributed by atoms with Gasteiger partial charge in [0.25, 0.3) is 0 Å². The Balaban J connectivity index is 4.32. The van der Waals surface area contributed by atoms with Gasteiger partial charge in [-0.3, -0.25) is 17.5 Å². The molecule has 14 heteroatoms. The van der Waals surface area contributed by atoms with Gasteiger partial charge in [0.15, 0.2) is 0 Å². The summed E-state index contributed by atoms with van der Waals surface area (Å²) < 4.78 is 56.4. The van der Waals surface area contributed by atoms with E-state index in [4.69, 9.17) is 29.8 Å². The molecule has 0 fully saturated rings. The molecular formula is C13H32N2O8P2S2. The fourth-order valence-electron chi connectivity index (χ4n) is 2.16. The van der Waals surface area contributed by atoms with Crippen LogP contribution in [0.15, 0.2) is 0 Å². The Morgan fingerprint density at radius 3 is 1.85 bits per heavy atom. The van der Waals surface area contributed by atoms with E-state index in [2.05, 4.69) is 0 Å². The highest BCUT2D eigenvalue weighted by molar-refractivity contribution is 7.85. The lowest BCUT2D eigenvalue weighted by molar-refractivity contribution is 0.0892. The van der Waals surface area contributed by atoms with Crippen molar-refractivity contribution in [2.75, 3.05) is 23.0 Å². The lowest BCUT2D eigenvalue weighted by Gasteiger charge is -2.28. The van der Waals surface area contributed by atoms with Crippen LogP contribution in [0.3, 0.4) is 0 Å². The zero-order valence-corrected chi connectivity index (χ0v) is 19.6. The molecule has 0 aromatic carbocycles. The third-order valence-corrected chi connectivity index (χ3v) is 8.16. The van der Waals surface area contributed by atoms with Gasteiger partial charge in [-0.1, -0.05) is 6.92 Å². The van der Waals surface area contributed by atoms with Gasteiger partial charge in [0, 0.05) is 38.9 Å². The molecule has 5 atom stereocenters. The fraction of sp³-hybridized carbons (Fsp3) is 1.00. The van der Waals surface area contributed by atoms with Crippen molar-refractivity contribution in [1.82, 2.24) is 0 Å². The Morgan fingerprint density at radius 1 is 0.926 bits per heavy atom. The Morgan fingerprint density at radius 2 is 1.41 bits per heavy atom. The first-order valence-corrected chi connectivity index (χ1v) is 14.6. The van der Waals surface area contributed by atoms with Crippen molar-refractivity contribution in [2.24, 2.45) is 11.0 Å². The average Bonchev–Trinajstić information content (AvgIpc) is 2.40. The van der Waals surface area contributed by atoms with Crippen molar-refractivity contribution in [3.8, 4) is 0 Å². The van der Waals surface area contributed by atoms with E-state index in [1.54, 1.807) is 27.7 Å². The molecule has 164 valence electrons. The topological polar surface area (TPSA) is 179 Å². The van der Waals surface area contributed by atoms with Crippen molar-refractivity contribution >= 4 is 37.1 Å². The Bertz CT molecular complexity index is 621. The molecule has 0 aliphatic rings. The number of rotatable bonds is 14. The molecule has 0 bridgehead atoms. The molecule has 5 unspecified atom stereocenters. The summed E-state index contributed by atoms with van der Waals surface area (Å²) >= 11 is 0. The number of hydrogen-bond donors (Lipinski definition) is 4. The van der Waals surface area contributed by atoms with E-state index in [1.807, 2.05) is 0 Å². The smallest absolute Gasteiger partial charge is 0.313 e. The maximum atomic E-state index is 12.2. The summed E-state index contributed by atoms with van der Waals surface area (Å²) in [5, 5.41) is 0. The lowest BCUT2D eigenvalue weighted by Crippen LogP contribution is -2.35. The van der Waals surface area contributed by atoms with E-state index in [1.165, 1.54) is 0 Å². The SMILES string of the molecule is CCC(C)(CS(=O)CCCS(=O)CCC(C)(C)OP(N)(=O)O)OP(N)(=O)O. The molecule has 0 heterocycles. The third kappa shape index (κ3) is 15.1. The summed E-state index contributed by atoms with van der Waals surface area (Å²) in [7, 11) is -10.8. The molecule has 0 saturated heterocycles. The molecule has 0 aliphatic carbocycles. The zero-order valence-electron chi connectivity index (χ0n) is 16.2. The predicted molar refractivity (Wildman–Crippen MR) is 108 cm³/mol. The summed E-state index contributed by atoms with van der Waals surface area (Å²) in [5.41, 5.74) is 7.92. The quantitative estimate of drug-likeness (QED) is 0.271. The summed E-state index contributed by atoms with van der Waals surface area (Å²) in [4.78, 5) is 18.2. The Labute approximate surface area is 165 Å². The van der Waals surface area contributed by atoms with E-state index in [0.29, 0.717) is 18.6 Å². The van der Waals surface area contributed by atoms with Crippen LogP contribution >= 0.6 is 15.5 Å². The second kappa shape index (κ2) is 11.1. The van der Waals surface area contributed by atoms with Gasteiger partial charge in [0.2, 0.25) is 0 Å². The molecule has 0 spiro atoms. The highest BCUT2D eigenvalue weighted by Gasteiger charge is 2.32. The molecule has 27 heavy (non-hydrogen) atoms. The Kier molecular flexibility index (Phi) is 11.3. The van der Waals surface area contributed by atoms with Gasteiger partial charge >= 0.3 is 15.5 Å². The maximum Gasteiger partial charge on any atom is 0.400 e. The molecule has 6 N–H and O–H groups in total. The molecule has 10 nitrogen and oxygen atoms in total. The highest BCUT2D eigenvalue weighted by atomic mass is 32.2. The second-order valence-electron chi connectivity index (χ2n) is 7.11. The third-order valence-electron chi connectivity index (χ3n) is 3.62. The first-order chi connectivity index (χ1) is 12.0. The van der Waals surface area contributed by atoms with Crippen LogP contribution in [-0.4, -0.2) is 52.4 Å². The standard InChI is InChI=1S/C13H32N2O8P2S2/c1-5-13(4,23-25(15,18)19)11-27(21)9-6-8-26(20)10-7-12(2,3)22-24(14,16)17/h5-11H2,1-4H3,(H3,14,16,17)(H3,15,18,19). The monoisotopic (exact) mass is 470 g/mol. The van der Waals surface area contributed by atoms with Crippen LogP contribution < -0.4 is 11.0 Å². The van der Waals surface area contributed by atoms with E-state index in [0.717, 1.165) is 0 Å². The molecule has 0 aliphatic heterocycles. The number of hydrogen-bond acceptors (Lipinski definition) is 6. The molecule has 0 rings (SSSR count). The molecule has 0 saturated carbocycles. The molecule has 0 aromatic heterocycles. The van der Waals surface area contributed by atoms with Crippen molar-refractivity contribution in [2.45, 2.75) is 58.2 Å². The van der Waals surface area contributed by atoms with Crippen LogP contribution in [0, 0.1) is 0 Å². The minimum absolute atomic E-state index is 0.0427. The van der Waals surface area contributed by atoms with E-state index in [-0.39, 0.29) is 23.7 Å². The minimum Gasteiger partial charge on any atom is -0.313 e. The fourth-order valence-corrected chi connectivity index (χ4v) is 7.00. The van der Waals surface area contributed by atoms with Crippen LogP contribution in [0.5, 0.6) is 0 Å². The molecule has 0 aromatic rings. The first kappa shape index (κ1) is 27.5. The van der Waals surface area contributed by atoms with Crippen LogP contribution in [0.4, 0.5) is 0 Å². The largest absolute Gasteiger partial charge is 0.400 e. The van der Waals surface area contributed by atoms with Crippen LogP contribution in [0.2, 0.25) is 0 Å².